The topological polar surface area (TPSA) is 44.1 Å². The van der Waals surface area contributed by atoms with E-state index in [4.69, 9.17) is 5.26 Å². The summed E-state index contributed by atoms with van der Waals surface area (Å²) in [5, 5.41) is 11.1. The van der Waals surface area contributed by atoms with Gasteiger partial charge >= 0.3 is 0 Å². The van der Waals surface area contributed by atoms with Gasteiger partial charge in [-0.25, -0.2) is 0 Å². The molecule has 0 spiro atoms. The van der Waals surface area contributed by atoms with Gasteiger partial charge in [-0.15, -0.1) is 11.3 Å². The van der Waals surface area contributed by atoms with E-state index in [0.717, 1.165) is 15.8 Å². The molecule has 5 heteroatoms. The maximum atomic E-state index is 12.2. The molecule has 1 aliphatic carbocycles. The van der Waals surface area contributed by atoms with Crippen LogP contribution in [0.3, 0.4) is 0 Å². The summed E-state index contributed by atoms with van der Waals surface area (Å²) >= 11 is 5.01. The van der Waals surface area contributed by atoms with Gasteiger partial charge < -0.3 is 4.90 Å². The van der Waals surface area contributed by atoms with Crippen molar-refractivity contribution in [2.45, 2.75) is 25.8 Å². The molecule has 2 rings (SSSR count). The van der Waals surface area contributed by atoms with E-state index in [1.807, 2.05) is 11.4 Å². The van der Waals surface area contributed by atoms with Crippen LogP contribution in [0.1, 0.15) is 24.1 Å². The number of thiophene rings is 1. The van der Waals surface area contributed by atoms with Crippen LogP contribution >= 0.6 is 27.3 Å². The second kappa shape index (κ2) is 4.79. The van der Waals surface area contributed by atoms with Crippen molar-refractivity contribution in [3.63, 3.8) is 0 Å². The van der Waals surface area contributed by atoms with E-state index in [1.165, 1.54) is 0 Å². The number of nitriles is 1. The normalized spacial score (nSPS) is 17.0. The molecule has 0 radical (unpaired) electrons. The molecule has 3 nitrogen and oxygen atoms in total. The summed E-state index contributed by atoms with van der Waals surface area (Å²) in [4.78, 5) is 15.0. The molecule has 1 aliphatic rings. The third kappa shape index (κ3) is 2.38. The fourth-order valence-corrected chi connectivity index (χ4v) is 3.51. The summed E-state index contributed by atoms with van der Waals surface area (Å²) in [5.74, 6) is -0.0317. The molecule has 0 aromatic carbocycles. The van der Waals surface area contributed by atoms with Crippen molar-refractivity contribution in [1.82, 2.24) is 4.90 Å². The Kier molecular flexibility index (Phi) is 3.55. The maximum Gasteiger partial charge on any atom is 0.243 e. The first-order valence-corrected chi connectivity index (χ1v) is 7.14. The Morgan fingerprint density at radius 2 is 2.41 bits per heavy atom. The van der Waals surface area contributed by atoms with E-state index >= 15 is 0 Å². The molecule has 0 N–H and O–H groups in total. The lowest BCUT2D eigenvalue weighted by molar-refractivity contribution is -0.142. The molecule has 1 fully saturated rings. The Balaban J connectivity index is 2.03. The van der Waals surface area contributed by atoms with E-state index in [9.17, 15) is 4.79 Å². The number of carbonyl (C=O) groups excluding carboxylic acids is 1. The minimum atomic E-state index is -0.733. The van der Waals surface area contributed by atoms with Crippen LogP contribution in [-0.2, 0) is 11.3 Å². The standard InChI is InChI=1S/C12H13BrN2OS/c1-15(6-10-5-9(13)7-17-10)11(16)12(8-14)3-2-4-12/h5,7H,2-4,6H2,1H3. The van der Waals surface area contributed by atoms with Gasteiger partial charge in [0.25, 0.3) is 0 Å². The Hall–Kier alpha value is -0.860. The second-order valence-electron chi connectivity index (χ2n) is 4.44. The molecule has 1 aromatic rings. The Bertz CT molecular complexity index is 473. The number of hydrogen-bond donors (Lipinski definition) is 0. The lowest BCUT2D eigenvalue weighted by Gasteiger charge is -2.36. The van der Waals surface area contributed by atoms with Crippen LogP contribution in [-0.4, -0.2) is 17.9 Å². The van der Waals surface area contributed by atoms with Crippen LogP contribution < -0.4 is 0 Å². The monoisotopic (exact) mass is 312 g/mol. The molecule has 0 unspecified atom stereocenters. The van der Waals surface area contributed by atoms with Gasteiger partial charge in [0.15, 0.2) is 0 Å². The number of carbonyl (C=O) groups is 1. The average molecular weight is 313 g/mol. The number of hydrogen-bond acceptors (Lipinski definition) is 3. The number of nitrogens with zero attached hydrogens (tertiary/aromatic N) is 2. The van der Waals surface area contributed by atoms with Gasteiger partial charge in [0.2, 0.25) is 5.91 Å². The Morgan fingerprint density at radius 3 is 2.82 bits per heavy atom. The van der Waals surface area contributed by atoms with Crippen molar-refractivity contribution >= 4 is 33.2 Å². The van der Waals surface area contributed by atoms with Gasteiger partial charge in [-0.1, -0.05) is 0 Å². The summed E-state index contributed by atoms with van der Waals surface area (Å²) in [7, 11) is 1.77. The van der Waals surface area contributed by atoms with Crippen molar-refractivity contribution in [3.05, 3.63) is 20.8 Å². The molecule has 1 saturated carbocycles. The molecule has 17 heavy (non-hydrogen) atoms. The summed E-state index contributed by atoms with van der Waals surface area (Å²) in [5.41, 5.74) is -0.733. The van der Waals surface area contributed by atoms with Crippen LogP contribution in [0.4, 0.5) is 0 Å². The molecular formula is C12H13BrN2OS. The third-order valence-corrected chi connectivity index (χ3v) is 4.87. The van der Waals surface area contributed by atoms with E-state index in [0.29, 0.717) is 19.4 Å². The predicted octanol–water partition coefficient (Wildman–Crippen LogP) is 3.16. The zero-order valence-electron chi connectivity index (χ0n) is 9.57. The summed E-state index contributed by atoms with van der Waals surface area (Å²) < 4.78 is 1.04. The number of amides is 1. The molecular weight excluding hydrogens is 300 g/mol. The SMILES string of the molecule is CN(Cc1cc(Br)cs1)C(=O)C1(C#N)CCC1. The molecule has 90 valence electrons. The third-order valence-electron chi connectivity index (χ3n) is 3.19. The Morgan fingerprint density at radius 1 is 1.71 bits per heavy atom. The summed E-state index contributed by atoms with van der Waals surface area (Å²) in [6, 6.07) is 4.20. The van der Waals surface area contributed by atoms with Crippen LogP contribution in [0.15, 0.2) is 15.9 Å². The van der Waals surface area contributed by atoms with E-state index in [1.54, 1.807) is 23.3 Å². The molecule has 0 saturated heterocycles. The summed E-state index contributed by atoms with van der Waals surface area (Å²) in [6.45, 7) is 0.582. The first kappa shape index (κ1) is 12.6. The zero-order valence-corrected chi connectivity index (χ0v) is 12.0. The molecule has 1 heterocycles. The van der Waals surface area contributed by atoms with E-state index in [2.05, 4.69) is 22.0 Å². The van der Waals surface area contributed by atoms with Gasteiger partial charge in [-0.2, -0.15) is 5.26 Å². The van der Waals surface area contributed by atoms with Crippen molar-refractivity contribution in [3.8, 4) is 6.07 Å². The maximum absolute atomic E-state index is 12.2. The van der Waals surface area contributed by atoms with Gasteiger partial charge in [-0.05, 0) is 41.3 Å². The van der Waals surface area contributed by atoms with Gasteiger partial charge in [0.1, 0.15) is 5.41 Å². The van der Waals surface area contributed by atoms with Crippen LogP contribution in [0.25, 0.3) is 0 Å². The second-order valence-corrected chi connectivity index (χ2v) is 6.35. The van der Waals surface area contributed by atoms with Crippen molar-refractivity contribution in [1.29, 1.82) is 5.26 Å². The lowest BCUT2D eigenvalue weighted by Crippen LogP contribution is -2.45. The summed E-state index contributed by atoms with van der Waals surface area (Å²) in [6.07, 6.45) is 2.40. The van der Waals surface area contributed by atoms with E-state index in [-0.39, 0.29) is 5.91 Å². The minimum absolute atomic E-state index is 0.0317. The predicted molar refractivity (Wildman–Crippen MR) is 70.4 cm³/mol. The molecule has 0 aliphatic heterocycles. The van der Waals surface area contributed by atoms with Crippen molar-refractivity contribution < 1.29 is 4.79 Å². The van der Waals surface area contributed by atoms with Gasteiger partial charge in [0, 0.05) is 21.8 Å². The molecule has 0 atom stereocenters. The highest BCUT2D eigenvalue weighted by Gasteiger charge is 2.46. The highest BCUT2D eigenvalue weighted by Crippen LogP contribution is 2.41. The van der Waals surface area contributed by atoms with Crippen LogP contribution in [0, 0.1) is 16.7 Å². The quantitative estimate of drug-likeness (QED) is 0.860. The highest BCUT2D eigenvalue weighted by atomic mass is 79.9. The van der Waals surface area contributed by atoms with Crippen LogP contribution in [0.5, 0.6) is 0 Å². The number of rotatable bonds is 3. The molecule has 0 bridgehead atoms. The van der Waals surface area contributed by atoms with Crippen LogP contribution in [0.2, 0.25) is 0 Å². The largest absolute Gasteiger partial charge is 0.339 e. The Labute approximate surface area is 113 Å². The first-order valence-electron chi connectivity index (χ1n) is 5.47. The average Bonchev–Trinajstić information content (AvgIpc) is 2.63. The van der Waals surface area contributed by atoms with Gasteiger partial charge in [0.05, 0.1) is 12.6 Å². The lowest BCUT2D eigenvalue weighted by atomic mass is 9.69. The van der Waals surface area contributed by atoms with Crippen molar-refractivity contribution in [2.75, 3.05) is 7.05 Å². The zero-order chi connectivity index (χ0) is 12.5. The smallest absolute Gasteiger partial charge is 0.243 e. The minimum Gasteiger partial charge on any atom is -0.339 e. The van der Waals surface area contributed by atoms with Gasteiger partial charge in [-0.3, -0.25) is 4.79 Å². The fourth-order valence-electron chi connectivity index (χ4n) is 2.01. The molecule has 1 aromatic heterocycles. The number of halogens is 1. The first-order chi connectivity index (χ1) is 8.07. The van der Waals surface area contributed by atoms with E-state index < -0.39 is 5.41 Å². The highest BCUT2D eigenvalue weighted by molar-refractivity contribution is 9.10. The van der Waals surface area contributed by atoms with Crippen molar-refractivity contribution in [2.24, 2.45) is 5.41 Å². The fraction of sp³-hybridized carbons (Fsp3) is 0.500. The molecule has 1 amide bonds.